The van der Waals surface area contributed by atoms with Crippen molar-refractivity contribution >= 4 is 0 Å². The van der Waals surface area contributed by atoms with Gasteiger partial charge >= 0.3 is 0 Å². The minimum Gasteiger partial charge on any atom is -0.396 e. The lowest BCUT2D eigenvalue weighted by molar-refractivity contribution is 0.190. The SMILES string of the molecule is CC(O)CNCCCCO. The van der Waals surface area contributed by atoms with Crippen LogP contribution >= 0.6 is 0 Å². The van der Waals surface area contributed by atoms with Crippen molar-refractivity contribution in [1.29, 1.82) is 0 Å². The van der Waals surface area contributed by atoms with E-state index in [-0.39, 0.29) is 12.7 Å². The standard InChI is InChI=1S/C7H17NO2/c1-7(10)6-8-4-2-3-5-9/h7-10H,2-6H2,1H3. The molecule has 1 atom stereocenters. The zero-order valence-corrected chi connectivity index (χ0v) is 6.51. The Kier molecular flexibility index (Phi) is 6.91. The lowest BCUT2D eigenvalue weighted by atomic mass is 10.3. The molecule has 0 rings (SSSR count). The molecule has 0 spiro atoms. The van der Waals surface area contributed by atoms with E-state index in [1.54, 1.807) is 6.92 Å². The van der Waals surface area contributed by atoms with Gasteiger partial charge in [-0.05, 0) is 26.3 Å². The Morgan fingerprint density at radius 1 is 1.40 bits per heavy atom. The van der Waals surface area contributed by atoms with E-state index in [1.807, 2.05) is 0 Å². The van der Waals surface area contributed by atoms with E-state index in [0.29, 0.717) is 6.54 Å². The largest absolute Gasteiger partial charge is 0.396 e. The fraction of sp³-hybridized carbons (Fsp3) is 1.00. The second-order valence-electron chi connectivity index (χ2n) is 2.48. The van der Waals surface area contributed by atoms with Crippen LogP contribution in [-0.4, -0.2) is 36.0 Å². The molecule has 0 aromatic rings. The second kappa shape index (κ2) is 6.99. The molecule has 0 aliphatic carbocycles. The van der Waals surface area contributed by atoms with Crippen molar-refractivity contribution in [2.45, 2.75) is 25.9 Å². The van der Waals surface area contributed by atoms with Crippen LogP contribution in [0.4, 0.5) is 0 Å². The second-order valence-corrected chi connectivity index (χ2v) is 2.48. The molecule has 0 aromatic carbocycles. The third-order valence-electron chi connectivity index (χ3n) is 1.20. The molecule has 0 fully saturated rings. The monoisotopic (exact) mass is 147 g/mol. The molecule has 10 heavy (non-hydrogen) atoms. The van der Waals surface area contributed by atoms with Crippen molar-refractivity contribution in [3.63, 3.8) is 0 Å². The summed E-state index contributed by atoms with van der Waals surface area (Å²) in [5.74, 6) is 0. The molecule has 0 bridgehead atoms. The fourth-order valence-electron chi connectivity index (χ4n) is 0.673. The van der Waals surface area contributed by atoms with Gasteiger partial charge in [0.05, 0.1) is 6.10 Å². The minimum atomic E-state index is -0.269. The van der Waals surface area contributed by atoms with Crippen molar-refractivity contribution in [2.75, 3.05) is 19.7 Å². The highest BCUT2D eigenvalue weighted by Crippen LogP contribution is 1.83. The first-order valence-electron chi connectivity index (χ1n) is 3.77. The molecule has 0 amide bonds. The van der Waals surface area contributed by atoms with E-state index in [1.165, 1.54) is 0 Å². The molecule has 0 heterocycles. The summed E-state index contributed by atoms with van der Waals surface area (Å²) in [6.45, 7) is 3.53. The molecule has 0 saturated carbocycles. The fourth-order valence-corrected chi connectivity index (χ4v) is 0.673. The lowest BCUT2D eigenvalue weighted by Crippen LogP contribution is -2.25. The first kappa shape index (κ1) is 9.88. The first-order chi connectivity index (χ1) is 4.77. The number of aliphatic hydroxyl groups is 2. The predicted molar refractivity (Wildman–Crippen MR) is 40.9 cm³/mol. The number of aliphatic hydroxyl groups excluding tert-OH is 2. The van der Waals surface area contributed by atoms with E-state index < -0.39 is 0 Å². The zero-order valence-electron chi connectivity index (χ0n) is 6.51. The Hall–Kier alpha value is -0.120. The van der Waals surface area contributed by atoms with Gasteiger partial charge in [0.1, 0.15) is 0 Å². The van der Waals surface area contributed by atoms with Crippen LogP contribution in [0, 0.1) is 0 Å². The maximum absolute atomic E-state index is 8.80. The summed E-state index contributed by atoms with van der Waals surface area (Å²) < 4.78 is 0. The number of nitrogens with one attached hydrogen (secondary N) is 1. The molecule has 1 unspecified atom stereocenters. The van der Waals surface area contributed by atoms with Crippen LogP contribution in [0.2, 0.25) is 0 Å². The van der Waals surface area contributed by atoms with Crippen LogP contribution in [-0.2, 0) is 0 Å². The molecule has 3 heteroatoms. The Balaban J connectivity index is 2.77. The highest BCUT2D eigenvalue weighted by molar-refractivity contribution is 4.52. The van der Waals surface area contributed by atoms with Gasteiger partial charge in [-0.15, -0.1) is 0 Å². The van der Waals surface area contributed by atoms with Gasteiger partial charge < -0.3 is 15.5 Å². The van der Waals surface area contributed by atoms with Crippen LogP contribution < -0.4 is 5.32 Å². The Morgan fingerprint density at radius 3 is 2.60 bits per heavy atom. The average Bonchev–Trinajstić information content (AvgIpc) is 1.87. The van der Waals surface area contributed by atoms with Gasteiger partial charge in [0.15, 0.2) is 0 Å². The summed E-state index contributed by atoms with van der Waals surface area (Å²) in [5.41, 5.74) is 0. The smallest absolute Gasteiger partial charge is 0.0636 e. The van der Waals surface area contributed by atoms with E-state index in [0.717, 1.165) is 19.4 Å². The number of unbranched alkanes of at least 4 members (excludes halogenated alkanes) is 1. The number of hydrogen-bond donors (Lipinski definition) is 3. The first-order valence-corrected chi connectivity index (χ1v) is 3.77. The quantitative estimate of drug-likeness (QED) is 0.453. The average molecular weight is 147 g/mol. The summed E-state index contributed by atoms with van der Waals surface area (Å²) in [7, 11) is 0. The van der Waals surface area contributed by atoms with Crippen molar-refractivity contribution in [1.82, 2.24) is 5.32 Å². The predicted octanol–water partition coefficient (Wildman–Crippen LogP) is -0.271. The van der Waals surface area contributed by atoms with Crippen LogP contribution in [0.1, 0.15) is 19.8 Å². The number of rotatable bonds is 6. The Labute approximate surface area is 62.1 Å². The highest BCUT2D eigenvalue weighted by Gasteiger charge is 1.92. The third kappa shape index (κ3) is 7.88. The van der Waals surface area contributed by atoms with Crippen molar-refractivity contribution in [3.8, 4) is 0 Å². The molecule has 0 aliphatic rings. The molecule has 0 saturated heterocycles. The van der Waals surface area contributed by atoms with E-state index in [4.69, 9.17) is 10.2 Å². The van der Waals surface area contributed by atoms with Gasteiger partial charge in [-0.2, -0.15) is 0 Å². The summed E-state index contributed by atoms with van der Waals surface area (Å²) >= 11 is 0. The summed E-state index contributed by atoms with van der Waals surface area (Å²) in [6, 6.07) is 0. The van der Waals surface area contributed by atoms with Crippen LogP contribution in [0.25, 0.3) is 0 Å². The lowest BCUT2D eigenvalue weighted by Gasteiger charge is -2.04. The topological polar surface area (TPSA) is 52.5 Å². The van der Waals surface area contributed by atoms with Gasteiger partial charge in [-0.1, -0.05) is 0 Å². The van der Waals surface area contributed by atoms with E-state index >= 15 is 0 Å². The normalized spacial score (nSPS) is 13.5. The van der Waals surface area contributed by atoms with Gasteiger partial charge in [-0.3, -0.25) is 0 Å². The number of hydrogen-bond acceptors (Lipinski definition) is 3. The summed E-state index contributed by atoms with van der Waals surface area (Å²) in [4.78, 5) is 0. The van der Waals surface area contributed by atoms with Gasteiger partial charge in [-0.25, -0.2) is 0 Å². The molecule has 62 valence electrons. The van der Waals surface area contributed by atoms with Crippen LogP contribution in [0.5, 0.6) is 0 Å². The van der Waals surface area contributed by atoms with Gasteiger partial charge in [0.25, 0.3) is 0 Å². The molecule has 0 aliphatic heterocycles. The molecule has 0 aromatic heterocycles. The zero-order chi connectivity index (χ0) is 7.82. The maximum Gasteiger partial charge on any atom is 0.0636 e. The summed E-state index contributed by atoms with van der Waals surface area (Å²) in [5, 5.41) is 20.3. The van der Waals surface area contributed by atoms with Crippen molar-refractivity contribution < 1.29 is 10.2 Å². The molecule has 3 nitrogen and oxygen atoms in total. The van der Waals surface area contributed by atoms with Crippen LogP contribution in [0.3, 0.4) is 0 Å². The van der Waals surface area contributed by atoms with Crippen LogP contribution in [0.15, 0.2) is 0 Å². The summed E-state index contributed by atoms with van der Waals surface area (Å²) in [6.07, 6.45) is 1.55. The van der Waals surface area contributed by atoms with E-state index in [2.05, 4.69) is 5.32 Å². The Bertz CT molecular complexity index is 66.6. The van der Waals surface area contributed by atoms with Crippen molar-refractivity contribution in [3.05, 3.63) is 0 Å². The van der Waals surface area contributed by atoms with Gasteiger partial charge in [0.2, 0.25) is 0 Å². The maximum atomic E-state index is 8.80. The third-order valence-corrected chi connectivity index (χ3v) is 1.20. The van der Waals surface area contributed by atoms with E-state index in [9.17, 15) is 0 Å². The van der Waals surface area contributed by atoms with Gasteiger partial charge in [0, 0.05) is 13.2 Å². The minimum absolute atomic E-state index is 0.260. The molecular weight excluding hydrogens is 130 g/mol. The molecular formula is C7H17NO2. The van der Waals surface area contributed by atoms with Crippen molar-refractivity contribution in [2.24, 2.45) is 0 Å². The Morgan fingerprint density at radius 2 is 2.10 bits per heavy atom. The highest BCUT2D eigenvalue weighted by atomic mass is 16.3. The molecule has 0 radical (unpaired) electrons. The molecule has 3 N–H and O–H groups in total.